The third-order valence-corrected chi connectivity index (χ3v) is 15.1. The van der Waals surface area contributed by atoms with E-state index in [1.54, 1.807) is 0 Å². The highest BCUT2D eigenvalue weighted by Gasteiger charge is 2.19. The van der Waals surface area contributed by atoms with Crippen LogP contribution < -0.4 is 0 Å². The molecule has 466 valence electrons. The molecule has 0 aliphatic carbocycles. The first-order valence-corrected chi connectivity index (χ1v) is 34.7. The summed E-state index contributed by atoms with van der Waals surface area (Å²) in [4.78, 5) is 38.3. The molecule has 0 saturated heterocycles. The zero-order chi connectivity index (χ0) is 58.5. The normalized spacial score (nSPS) is 12.7. The van der Waals surface area contributed by atoms with Crippen molar-refractivity contribution in [2.24, 2.45) is 0 Å². The van der Waals surface area contributed by atoms with E-state index in [0.717, 1.165) is 128 Å². The second-order valence-electron chi connectivity index (χ2n) is 23.1. The van der Waals surface area contributed by atoms with Crippen LogP contribution >= 0.6 is 0 Å². The first kappa shape index (κ1) is 77.3. The zero-order valence-corrected chi connectivity index (χ0v) is 53.5. The van der Waals surface area contributed by atoms with Crippen LogP contribution in [-0.4, -0.2) is 37.2 Å². The number of carbonyl (C=O) groups excluding carboxylic acids is 3. The van der Waals surface area contributed by atoms with Gasteiger partial charge in [-0.05, 0) is 96.3 Å². The molecule has 0 amide bonds. The lowest BCUT2D eigenvalue weighted by Crippen LogP contribution is -2.30. The van der Waals surface area contributed by atoms with Crippen molar-refractivity contribution < 1.29 is 28.6 Å². The third kappa shape index (κ3) is 67.0. The molecule has 0 aliphatic rings. The molecular weight excluding hydrogens is 997 g/mol. The summed E-state index contributed by atoms with van der Waals surface area (Å²) < 4.78 is 16.9. The van der Waals surface area contributed by atoms with Crippen LogP contribution in [0.4, 0.5) is 0 Å². The average molecular weight is 1130 g/mol. The summed E-state index contributed by atoms with van der Waals surface area (Å²) in [6.45, 7) is 6.51. The molecule has 0 rings (SSSR count). The fourth-order valence-corrected chi connectivity index (χ4v) is 9.88. The molecule has 1 atom stereocenters. The number of esters is 3. The predicted molar refractivity (Wildman–Crippen MR) is 353 cm³/mol. The predicted octanol–water partition coefficient (Wildman–Crippen LogP) is 24.0. The molecule has 0 fully saturated rings. The summed E-state index contributed by atoms with van der Waals surface area (Å²) in [5, 5.41) is 0. The first-order chi connectivity index (χ1) is 40.0. The van der Waals surface area contributed by atoms with Crippen LogP contribution in [0.25, 0.3) is 0 Å². The van der Waals surface area contributed by atoms with Crippen LogP contribution in [0.5, 0.6) is 0 Å². The Balaban J connectivity index is 4.28. The largest absolute Gasteiger partial charge is 0.462 e. The van der Waals surface area contributed by atoms with E-state index in [9.17, 15) is 14.4 Å². The van der Waals surface area contributed by atoms with Gasteiger partial charge in [-0.1, -0.05) is 323 Å². The van der Waals surface area contributed by atoms with E-state index >= 15 is 0 Å². The highest BCUT2D eigenvalue weighted by Crippen LogP contribution is 2.18. The molecule has 0 saturated carbocycles. The molecule has 81 heavy (non-hydrogen) atoms. The minimum atomic E-state index is -0.789. The van der Waals surface area contributed by atoms with Crippen LogP contribution in [0.2, 0.25) is 0 Å². The Kier molecular flexibility index (Phi) is 65.7. The molecule has 1 unspecified atom stereocenters. The summed E-state index contributed by atoms with van der Waals surface area (Å²) in [6, 6.07) is 0. The molecule has 0 aromatic rings. The van der Waals surface area contributed by atoms with Gasteiger partial charge < -0.3 is 14.2 Å². The molecule has 0 spiro atoms. The Morgan fingerprint density at radius 3 is 0.802 bits per heavy atom. The van der Waals surface area contributed by atoms with Crippen molar-refractivity contribution >= 4 is 17.9 Å². The summed E-state index contributed by atoms with van der Waals surface area (Å²) in [7, 11) is 0. The quantitative estimate of drug-likeness (QED) is 0.0261. The summed E-state index contributed by atoms with van der Waals surface area (Å²) in [5.74, 6) is -0.900. The number of carbonyl (C=O) groups is 3. The molecule has 6 heteroatoms. The Bertz CT molecular complexity index is 1580. The number of unbranched alkanes of at least 4 members (excludes halogenated alkanes) is 36. The van der Waals surface area contributed by atoms with Gasteiger partial charge in [0.2, 0.25) is 0 Å². The Hall–Kier alpha value is -3.67. The highest BCUT2D eigenvalue weighted by atomic mass is 16.6. The second-order valence-corrected chi connectivity index (χ2v) is 23.1. The van der Waals surface area contributed by atoms with E-state index in [0.29, 0.717) is 19.3 Å². The van der Waals surface area contributed by atoms with Gasteiger partial charge in [-0.2, -0.15) is 0 Å². The highest BCUT2D eigenvalue weighted by molar-refractivity contribution is 5.71. The Morgan fingerprint density at radius 1 is 0.259 bits per heavy atom. The van der Waals surface area contributed by atoms with Gasteiger partial charge >= 0.3 is 17.9 Å². The second kappa shape index (κ2) is 68.8. The van der Waals surface area contributed by atoms with E-state index in [-0.39, 0.29) is 31.1 Å². The zero-order valence-electron chi connectivity index (χ0n) is 53.5. The van der Waals surface area contributed by atoms with Crippen LogP contribution in [0.1, 0.15) is 342 Å². The Labute approximate surface area is 502 Å². The molecule has 0 aromatic heterocycles. The van der Waals surface area contributed by atoms with Gasteiger partial charge in [-0.3, -0.25) is 14.4 Å². The lowest BCUT2D eigenvalue weighted by atomic mass is 10.0. The summed E-state index contributed by atoms with van der Waals surface area (Å²) in [5.41, 5.74) is 0. The maximum Gasteiger partial charge on any atom is 0.306 e. The van der Waals surface area contributed by atoms with Crippen molar-refractivity contribution in [1.29, 1.82) is 0 Å². The average Bonchev–Trinajstić information content (AvgIpc) is 3.47. The molecule has 0 aromatic carbocycles. The summed E-state index contributed by atoms with van der Waals surface area (Å²) >= 11 is 0. The number of hydrogen-bond acceptors (Lipinski definition) is 6. The minimum absolute atomic E-state index is 0.0858. The van der Waals surface area contributed by atoms with E-state index in [1.165, 1.54) is 173 Å². The molecular formula is C75H130O6. The van der Waals surface area contributed by atoms with E-state index < -0.39 is 6.10 Å². The molecule has 0 N–H and O–H groups in total. The third-order valence-electron chi connectivity index (χ3n) is 15.1. The van der Waals surface area contributed by atoms with Crippen LogP contribution in [0.15, 0.2) is 97.2 Å². The monoisotopic (exact) mass is 1130 g/mol. The smallest absolute Gasteiger partial charge is 0.306 e. The maximum absolute atomic E-state index is 12.9. The molecule has 0 heterocycles. The number of ether oxygens (including phenoxy) is 3. The van der Waals surface area contributed by atoms with E-state index in [2.05, 4.69) is 118 Å². The molecule has 6 nitrogen and oxygen atoms in total. The van der Waals surface area contributed by atoms with Crippen LogP contribution in [-0.2, 0) is 28.6 Å². The molecule has 0 radical (unpaired) electrons. The van der Waals surface area contributed by atoms with Crippen LogP contribution in [0.3, 0.4) is 0 Å². The first-order valence-electron chi connectivity index (χ1n) is 34.7. The van der Waals surface area contributed by atoms with Crippen molar-refractivity contribution in [2.45, 2.75) is 348 Å². The van der Waals surface area contributed by atoms with E-state index in [4.69, 9.17) is 14.2 Å². The van der Waals surface area contributed by atoms with Crippen molar-refractivity contribution in [3.63, 3.8) is 0 Å². The van der Waals surface area contributed by atoms with Gasteiger partial charge in [-0.25, -0.2) is 0 Å². The van der Waals surface area contributed by atoms with Gasteiger partial charge in [0.15, 0.2) is 6.10 Å². The number of hydrogen-bond donors (Lipinski definition) is 0. The topological polar surface area (TPSA) is 78.9 Å². The number of allylic oxidation sites excluding steroid dienone is 16. The van der Waals surface area contributed by atoms with E-state index in [1.807, 2.05) is 0 Å². The van der Waals surface area contributed by atoms with Gasteiger partial charge in [0, 0.05) is 19.3 Å². The summed E-state index contributed by atoms with van der Waals surface area (Å²) in [6.07, 6.45) is 93.0. The fraction of sp³-hybridized carbons (Fsp3) is 0.747. The molecule has 0 aliphatic heterocycles. The van der Waals surface area contributed by atoms with Crippen LogP contribution in [0, 0.1) is 0 Å². The van der Waals surface area contributed by atoms with Crippen molar-refractivity contribution in [1.82, 2.24) is 0 Å². The SMILES string of the molecule is CC/C=C\C/C=C\C/C=C\C/C=C\C/C=C\C/C=C\C/C=C\CCCCCCCC(=O)OCC(COC(=O)CCCCCCC/C=C\CCCC)OC(=O)CCCCCCCCCCCCCCCCCCCCCCCCCCC. The van der Waals surface area contributed by atoms with Crippen molar-refractivity contribution in [3.05, 3.63) is 97.2 Å². The number of rotatable bonds is 63. The minimum Gasteiger partial charge on any atom is -0.462 e. The van der Waals surface area contributed by atoms with Crippen molar-refractivity contribution in [2.75, 3.05) is 13.2 Å². The van der Waals surface area contributed by atoms with Gasteiger partial charge in [0.1, 0.15) is 13.2 Å². The van der Waals surface area contributed by atoms with Crippen molar-refractivity contribution in [3.8, 4) is 0 Å². The standard InChI is InChI=1S/C75H130O6/c1-4-7-10-13-16-19-22-24-26-28-30-32-34-36-37-39-40-42-44-46-48-50-53-56-59-62-65-68-74(77)80-71-72(70-79-73(76)67-64-61-58-55-52-21-18-15-12-9-6-3)81-75(78)69-66-63-60-57-54-51-49-47-45-43-41-38-35-33-31-29-27-25-23-20-17-14-11-8-5-2/h7,10,15-16,18-19,24,26,30,32,36-37,40,42,46,48,72H,4-6,8-9,11-14,17,20-23,25,27-29,31,33-35,38-39,41,43-45,47,49-71H2,1-3H3/b10-7-,18-15-,19-16-,26-24-,32-30-,37-36-,42-40-,48-46-. The fourth-order valence-electron chi connectivity index (χ4n) is 9.88. The lowest BCUT2D eigenvalue weighted by molar-refractivity contribution is -0.167. The maximum atomic E-state index is 12.9. The van der Waals surface area contributed by atoms with Gasteiger partial charge in [0.05, 0.1) is 0 Å². The van der Waals surface area contributed by atoms with Gasteiger partial charge in [-0.15, -0.1) is 0 Å². The Morgan fingerprint density at radius 2 is 0.494 bits per heavy atom. The molecule has 0 bridgehead atoms. The lowest BCUT2D eigenvalue weighted by Gasteiger charge is -2.18. The van der Waals surface area contributed by atoms with Gasteiger partial charge in [0.25, 0.3) is 0 Å².